The van der Waals surface area contributed by atoms with Crippen molar-refractivity contribution in [1.29, 1.82) is 0 Å². The molecule has 0 amide bonds. The number of hydrogen-bond acceptors (Lipinski definition) is 1. The third-order valence-corrected chi connectivity index (χ3v) is 0. The molecule has 0 fully saturated rings. The average Bonchev–Trinajstić information content (AvgIpc) is 1.00. The Hall–Kier alpha value is 3.15. The molecule has 0 atom stereocenters. The van der Waals surface area contributed by atoms with Crippen LogP contribution in [-0.4, -0.2) is 86.6 Å². The second-order valence-corrected chi connectivity index (χ2v) is 0. The Morgan fingerprint density at radius 3 is 1.25 bits per heavy atom. The van der Waals surface area contributed by atoms with Crippen LogP contribution in [0.4, 0.5) is 0 Å². The summed E-state index contributed by atoms with van der Waals surface area (Å²) in [7, 11) is 0. The van der Waals surface area contributed by atoms with Crippen molar-refractivity contribution in [2.45, 2.75) is 0 Å². The van der Waals surface area contributed by atoms with Crippen molar-refractivity contribution in [1.82, 2.24) is 0 Å². The molecule has 25 valence electrons. The molecule has 0 heterocycles. The van der Waals surface area contributed by atoms with E-state index in [-0.39, 0.29) is 86.6 Å². The maximum absolute atomic E-state index is 7.81. The van der Waals surface area contributed by atoms with Gasteiger partial charge in [0.05, 0.1) is 0 Å². The van der Waals surface area contributed by atoms with E-state index in [1.807, 2.05) is 0 Å². The van der Waals surface area contributed by atoms with Gasteiger partial charge in [0.1, 0.15) is 0 Å². The minimum atomic E-state index is 0. The SMILES string of the molecule is [BaH2].[CaH2].[O]=[Cu]. The van der Waals surface area contributed by atoms with Crippen LogP contribution in [0.5, 0.6) is 0 Å². The first kappa shape index (κ1) is 15.7. The summed E-state index contributed by atoms with van der Waals surface area (Å²) >= 11 is 2.94. The van der Waals surface area contributed by atoms with Gasteiger partial charge in [0.2, 0.25) is 0 Å². The summed E-state index contributed by atoms with van der Waals surface area (Å²) in [4.78, 5) is 0. The molecule has 0 aliphatic rings. The van der Waals surface area contributed by atoms with E-state index in [0.717, 1.165) is 0 Å². The zero-order chi connectivity index (χ0) is 2.00. The van der Waals surface area contributed by atoms with E-state index in [9.17, 15) is 0 Å². The molecule has 0 bridgehead atoms. The molecule has 0 aliphatic carbocycles. The van der Waals surface area contributed by atoms with E-state index >= 15 is 0 Å². The van der Waals surface area contributed by atoms with Gasteiger partial charge in [-0.15, -0.1) is 0 Å². The fourth-order valence-electron chi connectivity index (χ4n) is 0. The first-order chi connectivity index (χ1) is 1.00. The van der Waals surface area contributed by atoms with Crippen LogP contribution in [0.3, 0.4) is 0 Å². The molecule has 0 rings (SSSR count). The molecule has 0 aromatic heterocycles. The van der Waals surface area contributed by atoms with Gasteiger partial charge in [-0.05, 0) is 0 Å². The first-order valence-corrected chi connectivity index (χ1v) is 0.508. The topological polar surface area (TPSA) is 17.1 Å². The zero-order valence-corrected chi connectivity index (χ0v) is 1.65. The average molecular weight is 261 g/mol. The van der Waals surface area contributed by atoms with Gasteiger partial charge in [0.25, 0.3) is 0 Å². The Balaban J connectivity index is -0.00000000500. The Morgan fingerprint density at radius 2 is 1.25 bits per heavy atom. The van der Waals surface area contributed by atoms with Crippen LogP contribution in [0.1, 0.15) is 0 Å². The quantitative estimate of drug-likeness (QED) is 0.463. The van der Waals surface area contributed by atoms with Crippen molar-refractivity contribution < 1.29 is 19.8 Å². The van der Waals surface area contributed by atoms with E-state index in [1.165, 1.54) is 0 Å². The van der Waals surface area contributed by atoms with Crippen LogP contribution in [-0.2, 0) is 19.8 Å². The van der Waals surface area contributed by atoms with Crippen molar-refractivity contribution in [2.75, 3.05) is 0 Å². The summed E-state index contributed by atoms with van der Waals surface area (Å²) in [5.74, 6) is 0. The van der Waals surface area contributed by atoms with Gasteiger partial charge in [-0.2, -0.15) is 0 Å². The molecule has 4 heavy (non-hydrogen) atoms. The fourth-order valence-corrected chi connectivity index (χ4v) is 0. The van der Waals surface area contributed by atoms with E-state index in [4.69, 9.17) is 3.83 Å². The molecule has 0 aromatic rings. The summed E-state index contributed by atoms with van der Waals surface area (Å²) < 4.78 is 7.81. The molecule has 0 spiro atoms. The molecule has 0 radical (unpaired) electrons. The molecule has 0 aromatic carbocycles. The second-order valence-electron chi connectivity index (χ2n) is 0. The van der Waals surface area contributed by atoms with E-state index in [0.29, 0.717) is 0 Å². The normalized spacial score (nSPS) is 1.50. The zero-order valence-electron chi connectivity index (χ0n) is 0.710. The van der Waals surface area contributed by atoms with Crippen molar-refractivity contribution in [3.8, 4) is 0 Å². The Labute approximate surface area is 103 Å². The predicted octanol–water partition coefficient (Wildman–Crippen LogP) is -1.95. The Bertz CT molecular complexity index is 8.00. The van der Waals surface area contributed by atoms with E-state index in [1.54, 1.807) is 0 Å². The summed E-state index contributed by atoms with van der Waals surface area (Å²) in [6.07, 6.45) is 0. The van der Waals surface area contributed by atoms with Crippen LogP contribution in [0.25, 0.3) is 0 Å². The maximum atomic E-state index is 7.81. The Morgan fingerprint density at radius 1 is 1.25 bits per heavy atom. The molecule has 1 nitrogen and oxygen atoms in total. The third kappa shape index (κ3) is 8.94. The third-order valence-electron chi connectivity index (χ3n) is 0. The van der Waals surface area contributed by atoms with Crippen molar-refractivity contribution >= 4 is 86.6 Å². The van der Waals surface area contributed by atoms with Crippen LogP contribution in [0.2, 0.25) is 0 Å². The fraction of sp³-hybridized carbons (Fsp3) is 0. The van der Waals surface area contributed by atoms with Crippen molar-refractivity contribution in [3.63, 3.8) is 0 Å². The monoisotopic (exact) mass is 261 g/mol. The summed E-state index contributed by atoms with van der Waals surface area (Å²) in [6, 6.07) is 0. The van der Waals surface area contributed by atoms with Gasteiger partial charge in [0.15, 0.2) is 0 Å². The standard InChI is InChI=1S/Ba.Ca.Cu.O.4H. The molecule has 0 N–H and O–H groups in total. The summed E-state index contributed by atoms with van der Waals surface area (Å²) in [5.41, 5.74) is 0. The van der Waals surface area contributed by atoms with Crippen molar-refractivity contribution in [2.24, 2.45) is 0 Å². The van der Waals surface area contributed by atoms with Gasteiger partial charge in [-0.1, -0.05) is 0 Å². The number of rotatable bonds is 0. The van der Waals surface area contributed by atoms with Gasteiger partial charge >= 0.3 is 106 Å². The predicted molar refractivity (Wildman–Crippen MR) is 17.8 cm³/mol. The van der Waals surface area contributed by atoms with Crippen molar-refractivity contribution in [3.05, 3.63) is 0 Å². The number of hydrogen-bond donors (Lipinski definition) is 0. The summed E-state index contributed by atoms with van der Waals surface area (Å²) in [6.45, 7) is 0. The minimum absolute atomic E-state index is 0. The summed E-state index contributed by atoms with van der Waals surface area (Å²) in [5, 5.41) is 0. The molecular formula is H4BaCaCuO. The van der Waals surface area contributed by atoms with Crippen LogP contribution >= 0.6 is 0 Å². The molecule has 0 aliphatic heterocycles. The molecule has 0 saturated carbocycles. The van der Waals surface area contributed by atoms with E-state index in [2.05, 4.69) is 15.9 Å². The Kier molecular flexibility index (Phi) is 64.5. The van der Waals surface area contributed by atoms with Crippen LogP contribution < -0.4 is 0 Å². The van der Waals surface area contributed by atoms with Gasteiger partial charge in [-0.3, -0.25) is 0 Å². The second kappa shape index (κ2) is 16.4. The molecular weight excluding hydrogens is 257 g/mol. The van der Waals surface area contributed by atoms with Gasteiger partial charge in [-0.25, -0.2) is 0 Å². The molecule has 4 heteroatoms. The van der Waals surface area contributed by atoms with Gasteiger partial charge in [0, 0.05) is 0 Å². The molecule has 0 saturated heterocycles. The van der Waals surface area contributed by atoms with Crippen LogP contribution in [0.15, 0.2) is 0 Å². The first-order valence-electron chi connectivity index (χ1n) is 0.123. The molecule has 0 unspecified atom stereocenters. The van der Waals surface area contributed by atoms with Gasteiger partial charge < -0.3 is 0 Å². The van der Waals surface area contributed by atoms with Crippen LogP contribution in [0, 0.1) is 0 Å². The van der Waals surface area contributed by atoms with E-state index < -0.39 is 0 Å².